The zero-order valence-electron chi connectivity index (χ0n) is 13.4. The molecule has 0 unspecified atom stereocenters. The van der Waals surface area contributed by atoms with E-state index in [2.05, 4.69) is 15.6 Å². The fourth-order valence-electron chi connectivity index (χ4n) is 1.84. The normalized spacial score (nSPS) is 10.4. The van der Waals surface area contributed by atoms with Crippen LogP contribution in [0.3, 0.4) is 0 Å². The van der Waals surface area contributed by atoms with Crippen molar-refractivity contribution in [3.63, 3.8) is 0 Å². The molecule has 0 radical (unpaired) electrons. The number of halogens is 1. The van der Waals surface area contributed by atoms with Crippen LogP contribution in [0.1, 0.15) is 5.56 Å². The van der Waals surface area contributed by atoms with E-state index < -0.39 is 0 Å². The third-order valence-corrected chi connectivity index (χ3v) is 3.09. The summed E-state index contributed by atoms with van der Waals surface area (Å²) in [4.78, 5) is 15.8. The Kier molecular flexibility index (Phi) is 7.13. The van der Waals surface area contributed by atoms with Crippen LogP contribution in [0.5, 0.6) is 11.6 Å². The van der Waals surface area contributed by atoms with E-state index in [9.17, 15) is 9.18 Å². The van der Waals surface area contributed by atoms with E-state index in [0.29, 0.717) is 31.3 Å². The minimum Gasteiger partial charge on any atom is -0.439 e. The smallest absolute Gasteiger partial charge is 0.234 e. The molecule has 0 aliphatic rings. The first-order chi connectivity index (χ1) is 11.7. The first-order valence-corrected chi connectivity index (χ1v) is 7.52. The number of rotatable bonds is 9. The van der Waals surface area contributed by atoms with Gasteiger partial charge in [-0.1, -0.05) is 6.07 Å². The first-order valence-electron chi connectivity index (χ1n) is 7.52. The van der Waals surface area contributed by atoms with Gasteiger partial charge in [-0.2, -0.15) is 0 Å². The number of benzene rings is 1. The standard InChI is InChI=1S/C17H20FN3O3/c1-23-9-8-19-12-16(22)20-10-13-2-7-17(21-11-13)24-15-5-3-14(18)4-6-15/h2-7,11,19H,8-10,12H2,1H3,(H,20,22). The fraction of sp³-hybridized carbons (Fsp3) is 0.294. The van der Waals surface area contributed by atoms with E-state index in [1.165, 1.54) is 24.3 Å². The number of methoxy groups -OCH3 is 1. The van der Waals surface area contributed by atoms with Crippen LogP contribution in [-0.2, 0) is 16.1 Å². The van der Waals surface area contributed by atoms with Crippen LogP contribution in [0.2, 0.25) is 0 Å². The number of pyridine rings is 1. The Morgan fingerprint density at radius 1 is 1.21 bits per heavy atom. The van der Waals surface area contributed by atoms with Crippen LogP contribution in [0.4, 0.5) is 4.39 Å². The summed E-state index contributed by atoms with van der Waals surface area (Å²) in [6.07, 6.45) is 1.62. The molecule has 1 aromatic heterocycles. The average molecular weight is 333 g/mol. The molecule has 2 N–H and O–H groups in total. The van der Waals surface area contributed by atoms with E-state index in [1.807, 2.05) is 6.07 Å². The summed E-state index contributed by atoms with van der Waals surface area (Å²) in [6.45, 7) is 1.81. The molecule has 128 valence electrons. The number of nitrogens with one attached hydrogen (secondary N) is 2. The molecule has 0 aliphatic heterocycles. The Balaban J connectivity index is 1.75. The van der Waals surface area contributed by atoms with Gasteiger partial charge in [-0.3, -0.25) is 4.79 Å². The first kappa shape index (κ1) is 17.8. The summed E-state index contributed by atoms with van der Waals surface area (Å²) in [7, 11) is 1.61. The number of aromatic nitrogens is 1. The van der Waals surface area contributed by atoms with Gasteiger partial charge in [0.1, 0.15) is 11.6 Å². The summed E-state index contributed by atoms with van der Waals surface area (Å²) in [5.41, 5.74) is 0.853. The molecule has 0 fully saturated rings. The van der Waals surface area contributed by atoms with Crippen LogP contribution >= 0.6 is 0 Å². The molecule has 0 saturated heterocycles. The zero-order valence-corrected chi connectivity index (χ0v) is 13.4. The van der Waals surface area contributed by atoms with E-state index >= 15 is 0 Å². The fourth-order valence-corrected chi connectivity index (χ4v) is 1.84. The Hall–Kier alpha value is -2.51. The predicted molar refractivity (Wildman–Crippen MR) is 87.3 cm³/mol. The Labute approximate surface area is 140 Å². The molecular weight excluding hydrogens is 313 g/mol. The largest absolute Gasteiger partial charge is 0.439 e. The quantitative estimate of drug-likeness (QED) is 0.686. The zero-order chi connectivity index (χ0) is 17.2. The molecule has 0 spiro atoms. The number of amides is 1. The SMILES string of the molecule is COCCNCC(=O)NCc1ccc(Oc2ccc(F)cc2)nc1. The predicted octanol–water partition coefficient (Wildman–Crippen LogP) is 1.87. The lowest BCUT2D eigenvalue weighted by Gasteiger charge is -2.08. The van der Waals surface area contributed by atoms with Crippen molar-refractivity contribution in [2.45, 2.75) is 6.54 Å². The second-order valence-electron chi connectivity index (χ2n) is 5.01. The second-order valence-corrected chi connectivity index (χ2v) is 5.01. The molecule has 0 aliphatic carbocycles. The molecule has 1 amide bonds. The van der Waals surface area contributed by atoms with Gasteiger partial charge in [0, 0.05) is 32.5 Å². The molecule has 0 saturated carbocycles. The highest BCUT2D eigenvalue weighted by atomic mass is 19.1. The van der Waals surface area contributed by atoms with Crippen molar-refractivity contribution in [3.8, 4) is 11.6 Å². The lowest BCUT2D eigenvalue weighted by molar-refractivity contribution is -0.120. The molecule has 0 bridgehead atoms. The summed E-state index contributed by atoms with van der Waals surface area (Å²) in [5.74, 6) is 0.487. The van der Waals surface area contributed by atoms with E-state index in [-0.39, 0.29) is 18.3 Å². The third kappa shape index (κ3) is 6.31. The van der Waals surface area contributed by atoms with Gasteiger partial charge in [0.2, 0.25) is 11.8 Å². The van der Waals surface area contributed by atoms with Gasteiger partial charge in [0.05, 0.1) is 13.2 Å². The summed E-state index contributed by atoms with van der Waals surface area (Å²) < 4.78 is 23.2. The van der Waals surface area contributed by atoms with Crippen molar-refractivity contribution in [1.82, 2.24) is 15.6 Å². The second kappa shape index (κ2) is 9.59. The number of hydrogen-bond donors (Lipinski definition) is 2. The minimum atomic E-state index is -0.321. The third-order valence-electron chi connectivity index (χ3n) is 3.09. The number of ether oxygens (including phenoxy) is 2. The van der Waals surface area contributed by atoms with Crippen molar-refractivity contribution >= 4 is 5.91 Å². The Morgan fingerprint density at radius 2 is 2.00 bits per heavy atom. The average Bonchev–Trinajstić information content (AvgIpc) is 2.60. The highest BCUT2D eigenvalue weighted by Gasteiger charge is 2.03. The van der Waals surface area contributed by atoms with Gasteiger partial charge < -0.3 is 20.1 Å². The van der Waals surface area contributed by atoms with Gasteiger partial charge in [-0.05, 0) is 29.8 Å². The monoisotopic (exact) mass is 333 g/mol. The molecule has 1 aromatic carbocycles. The molecular formula is C17H20FN3O3. The maximum absolute atomic E-state index is 12.8. The Morgan fingerprint density at radius 3 is 2.67 bits per heavy atom. The van der Waals surface area contributed by atoms with Crippen molar-refractivity contribution in [1.29, 1.82) is 0 Å². The molecule has 24 heavy (non-hydrogen) atoms. The number of carbonyl (C=O) groups excluding carboxylic acids is 1. The molecule has 1 heterocycles. The van der Waals surface area contributed by atoms with E-state index in [4.69, 9.17) is 9.47 Å². The van der Waals surface area contributed by atoms with Gasteiger partial charge in [-0.25, -0.2) is 9.37 Å². The lowest BCUT2D eigenvalue weighted by atomic mass is 10.3. The number of carbonyl (C=O) groups is 1. The van der Waals surface area contributed by atoms with Gasteiger partial charge >= 0.3 is 0 Å². The molecule has 2 rings (SSSR count). The molecule has 6 nitrogen and oxygen atoms in total. The minimum absolute atomic E-state index is 0.0993. The summed E-state index contributed by atoms with van der Waals surface area (Å²) in [5, 5.41) is 5.75. The van der Waals surface area contributed by atoms with Crippen LogP contribution in [-0.4, -0.2) is 37.7 Å². The summed E-state index contributed by atoms with van der Waals surface area (Å²) >= 11 is 0. The lowest BCUT2D eigenvalue weighted by Crippen LogP contribution is -2.34. The van der Waals surface area contributed by atoms with E-state index in [0.717, 1.165) is 5.56 Å². The van der Waals surface area contributed by atoms with Crippen molar-refractivity contribution in [3.05, 3.63) is 54.0 Å². The number of nitrogens with zero attached hydrogens (tertiary/aromatic N) is 1. The topological polar surface area (TPSA) is 72.5 Å². The molecule has 0 atom stereocenters. The molecule has 2 aromatic rings. The van der Waals surface area contributed by atoms with Crippen molar-refractivity contribution in [2.24, 2.45) is 0 Å². The van der Waals surface area contributed by atoms with Crippen molar-refractivity contribution < 1.29 is 18.7 Å². The van der Waals surface area contributed by atoms with Crippen LogP contribution in [0.15, 0.2) is 42.6 Å². The Bertz CT molecular complexity index is 633. The van der Waals surface area contributed by atoms with Crippen molar-refractivity contribution in [2.75, 3.05) is 26.8 Å². The number of hydrogen-bond acceptors (Lipinski definition) is 5. The van der Waals surface area contributed by atoms with Gasteiger partial charge in [0.15, 0.2) is 0 Å². The van der Waals surface area contributed by atoms with Crippen LogP contribution in [0.25, 0.3) is 0 Å². The maximum atomic E-state index is 12.8. The van der Waals surface area contributed by atoms with Crippen LogP contribution < -0.4 is 15.4 Å². The molecule has 7 heteroatoms. The highest BCUT2D eigenvalue weighted by molar-refractivity contribution is 5.77. The highest BCUT2D eigenvalue weighted by Crippen LogP contribution is 2.19. The van der Waals surface area contributed by atoms with E-state index in [1.54, 1.807) is 19.4 Å². The summed E-state index contributed by atoms with van der Waals surface area (Å²) in [6, 6.07) is 9.20. The van der Waals surface area contributed by atoms with Gasteiger partial charge in [-0.15, -0.1) is 0 Å². The maximum Gasteiger partial charge on any atom is 0.234 e. The van der Waals surface area contributed by atoms with Gasteiger partial charge in [0.25, 0.3) is 0 Å². The van der Waals surface area contributed by atoms with Crippen LogP contribution in [0, 0.1) is 5.82 Å².